The monoisotopic (exact) mass is 336 g/mol. The zero-order valence-corrected chi connectivity index (χ0v) is 12.3. The first-order valence-corrected chi connectivity index (χ1v) is 6.71. The molecule has 104 valence electrons. The molecule has 0 aliphatic rings. The number of ether oxygens (including phenoxy) is 1. The Bertz CT molecular complexity index is 673. The van der Waals surface area contributed by atoms with Gasteiger partial charge in [0.1, 0.15) is 5.75 Å². The summed E-state index contributed by atoms with van der Waals surface area (Å²) in [6.07, 6.45) is -0.810. The average molecular weight is 337 g/mol. The molecule has 0 aliphatic carbocycles. The molecule has 20 heavy (non-hydrogen) atoms. The molecule has 6 heteroatoms. The van der Waals surface area contributed by atoms with Crippen LogP contribution < -0.4 is 15.8 Å². The number of hydrogen-bond donors (Lipinski definition) is 2. The van der Waals surface area contributed by atoms with E-state index in [1.54, 1.807) is 13.0 Å². The summed E-state index contributed by atoms with van der Waals surface area (Å²) in [5.41, 5.74) is 4.88. The Balaban J connectivity index is 2.15. The highest BCUT2D eigenvalue weighted by Gasteiger charge is 2.16. The van der Waals surface area contributed by atoms with Crippen LogP contribution in [0.2, 0.25) is 0 Å². The summed E-state index contributed by atoms with van der Waals surface area (Å²) in [6, 6.07) is 10.5. The van der Waals surface area contributed by atoms with Gasteiger partial charge in [0.2, 0.25) is 0 Å². The van der Waals surface area contributed by atoms with E-state index in [0.717, 1.165) is 15.2 Å². The lowest BCUT2D eigenvalue weighted by Crippen LogP contribution is -2.42. The number of primary amides is 1. The molecule has 3 N–H and O–H groups in total. The second-order valence-corrected chi connectivity index (χ2v) is 5.18. The smallest absolute Gasteiger partial charge is 0.318 e. The lowest BCUT2D eigenvalue weighted by Gasteiger charge is -2.13. The Labute approximate surface area is 124 Å². The quantitative estimate of drug-likeness (QED) is 0.903. The van der Waals surface area contributed by atoms with Crippen molar-refractivity contribution in [2.24, 2.45) is 5.73 Å². The number of nitrogens with two attached hydrogens (primary N) is 1. The third-order valence-electron chi connectivity index (χ3n) is 2.70. The van der Waals surface area contributed by atoms with Crippen LogP contribution in [0, 0.1) is 0 Å². The number of urea groups is 1. The van der Waals surface area contributed by atoms with Gasteiger partial charge in [0.05, 0.1) is 0 Å². The first-order chi connectivity index (χ1) is 9.45. The van der Waals surface area contributed by atoms with Crippen LogP contribution in [-0.2, 0) is 4.79 Å². The second kappa shape index (κ2) is 5.92. The first kappa shape index (κ1) is 14.3. The van der Waals surface area contributed by atoms with E-state index in [-0.39, 0.29) is 0 Å². The number of hydrogen-bond acceptors (Lipinski definition) is 3. The molecule has 0 saturated carbocycles. The van der Waals surface area contributed by atoms with E-state index >= 15 is 0 Å². The number of fused-ring (bicyclic) bond motifs is 1. The summed E-state index contributed by atoms with van der Waals surface area (Å²) < 4.78 is 6.48. The highest BCUT2D eigenvalue weighted by molar-refractivity contribution is 9.10. The zero-order valence-electron chi connectivity index (χ0n) is 10.7. The molecular formula is C14H13BrN2O3. The van der Waals surface area contributed by atoms with Crippen molar-refractivity contribution in [3.63, 3.8) is 0 Å². The minimum atomic E-state index is -0.895. The third-order valence-corrected chi connectivity index (χ3v) is 3.20. The molecule has 0 spiro atoms. The summed E-state index contributed by atoms with van der Waals surface area (Å²) in [5.74, 6) is -0.0275. The lowest BCUT2D eigenvalue weighted by molar-refractivity contribution is -0.126. The molecule has 2 aromatic carbocycles. The molecule has 2 rings (SSSR count). The normalized spacial score (nSPS) is 11.9. The van der Waals surface area contributed by atoms with Crippen molar-refractivity contribution < 1.29 is 14.3 Å². The van der Waals surface area contributed by atoms with E-state index in [1.165, 1.54) is 0 Å². The highest BCUT2D eigenvalue weighted by atomic mass is 79.9. The summed E-state index contributed by atoms with van der Waals surface area (Å²) in [4.78, 5) is 22.1. The van der Waals surface area contributed by atoms with Crippen molar-refractivity contribution in [3.05, 3.63) is 40.9 Å². The van der Waals surface area contributed by atoms with E-state index in [2.05, 4.69) is 15.9 Å². The maximum atomic E-state index is 11.5. The predicted molar refractivity (Wildman–Crippen MR) is 79.5 cm³/mol. The molecule has 0 saturated heterocycles. The van der Waals surface area contributed by atoms with E-state index in [9.17, 15) is 9.59 Å². The van der Waals surface area contributed by atoms with Gasteiger partial charge in [0.15, 0.2) is 6.10 Å². The van der Waals surface area contributed by atoms with Crippen molar-refractivity contribution >= 4 is 38.6 Å². The molecular weight excluding hydrogens is 324 g/mol. The molecule has 0 radical (unpaired) electrons. The number of amides is 3. The molecule has 3 amide bonds. The Kier molecular flexibility index (Phi) is 4.24. The van der Waals surface area contributed by atoms with Gasteiger partial charge in [-0.05, 0) is 42.0 Å². The van der Waals surface area contributed by atoms with Gasteiger partial charge in [-0.25, -0.2) is 4.79 Å². The fourth-order valence-corrected chi connectivity index (χ4v) is 2.13. The van der Waals surface area contributed by atoms with Gasteiger partial charge in [-0.2, -0.15) is 0 Å². The molecule has 5 nitrogen and oxygen atoms in total. The second-order valence-electron chi connectivity index (χ2n) is 4.27. The minimum Gasteiger partial charge on any atom is -0.481 e. The van der Waals surface area contributed by atoms with Crippen molar-refractivity contribution in [3.8, 4) is 5.75 Å². The summed E-state index contributed by atoms with van der Waals surface area (Å²) in [5, 5.41) is 4.03. The number of imide groups is 1. The van der Waals surface area contributed by atoms with Crippen molar-refractivity contribution in [1.29, 1.82) is 0 Å². The molecule has 0 bridgehead atoms. The fourth-order valence-electron chi connectivity index (χ4n) is 1.75. The molecule has 0 aliphatic heterocycles. The zero-order chi connectivity index (χ0) is 14.7. The number of carbonyl (C=O) groups excluding carboxylic acids is 2. The van der Waals surface area contributed by atoms with Crippen LogP contribution in [-0.4, -0.2) is 18.0 Å². The van der Waals surface area contributed by atoms with E-state index < -0.39 is 18.0 Å². The van der Waals surface area contributed by atoms with Crippen LogP contribution in [0.4, 0.5) is 4.79 Å². The van der Waals surface area contributed by atoms with Crippen LogP contribution in [0.15, 0.2) is 40.9 Å². The molecule has 2 aromatic rings. The van der Waals surface area contributed by atoms with Gasteiger partial charge < -0.3 is 10.5 Å². The lowest BCUT2D eigenvalue weighted by atomic mass is 10.1. The molecule has 0 unspecified atom stereocenters. The van der Waals surface area contributed by atoms with Crippen LogP contribution in [0.25, 0.3) is 10.8 Å². The van der Waals surface area contributed by atoms with Crippen molar-refractivity contribution in [1.82, 2.24) is 5.32 Å². The third kappa shape index (κ3) is 3.48. The van der Waals surface area contributed by atoms with Gasteiger partial charge in [-0.3, -0.25) is 10.1 Å². The summed E-state index contributed by atoms with van der Waals surface area (Å²) in [6.45, 7) is 1.55. The first-order valence-electron chi connectivity index (χ1n) is 5.92. The van der Waals surface area contributed by atoms with E-state index in [4.69, 9.17) is 10.5 Å². The maximum Gasteiger partial charge on any atom is 0.318 e. The maximum absolute atomic E-state index is 11.5. The van der Waals surface area contributed by atoms with Gasteiger partial charge >= 0.3 is 6.03 Å². The van der Waals surface area contributed by atoms with Gasteiger partial charge in [0, 0.05) is 4.47 Å². The van der Waals surface area contributed by atoms with Gasteiger partial charge in [-0.15, -0.1) is 0 Å². The highest BCUT2D eigenvalue weighted by Crippen LogP contribution is 2.24. The van der Waals surface area contributed by atoms with E-state index in [0.29, 0.717) is 5.75 Å². The Hall–Kier alpha value is -2.08. The summed E-state index contributed by atoms with van der Waals surface area (Å²) >= 11 is 3.41. The van der Waals surface area contributed by atoms with Gasteiger partial charge in [-0.1, -0.05) is 28.1 Å². The van der Waals surface area contributed by atoms with Crippen LogP contribution in [0.3, 0.4) is 0 Å². The number of nitrogens with one attached hydrogen (secondary N) is 1. The Morgan fingerprint density at radius 3 is 2.55 bits per heavy atom. The largest absolute Gasteiger partial charge is 0.481 e. The van der Waals surface area contributed by atoms with Crippen molar-refractivity contribution in [2.45, 2.75) is 13.0 Å². The Morgan fingerprint density at radius 2 is 1.85 bits per heavy atom. The van der Waals surface area contributed by atoms with Crippen LogP contribution in [0.1, 0.15) is 6.92 Å². The minimum absolute atomic E-state index is 0.548. The van der Waals surface area contributed by atoms with Crippen LogP contribution >= 0.6 is 15.9 Å². The van der Waals surface area contributed by atoms with Crippen molar-refractivity contribution in [2.75, 3.05) is 0 Å². The number of carbonyl (C=O) groups is 2. The molecule has 1 atom stereocenters. The standard InChI is InChI=1S/C14H13BrN2O3/c1-8(13(18)17-14(16)19)20-12-5-3-9-6-11(15)4-2-10(9)7-12/h2-8H,1H3,(H3,16,17,18,19)/t8-/m1/s1. The number of rotatable bonds is 3. The average Bonchev–Trinajstić information content (AvgIpc) is 2.38. The number of benzene rings is 2. The fraction of sp³-hybridized carbons (Fsp3) is 0.143. The number of halogens is 1. The predicted octanol–water partition coefficient (Wildman–Crippen LogP) is 2.56. The SMILES string of the molecule is C[C@@H](Oc1ccc2cc(Br)ccc2c1)C(=O)NC(N)=O. The summed E-state index contributed by atoms with van der Waals surface area (Å²) in [7, 11) is 0. The molecule has 0 fully saturated rings. The topological polar surface area (TPSA) is 81.4 Å². The molecule has 0 aromatic heterocycles. The molecule has 0 heterocycles. The van der Waals surface area contributed by atoms with Gasteiger partial charge in [0.25, 0.3) is 5.91 Å². The van der Waals surface area contributed by atoms with E-state index in [1.807, 2.05) is 35.6 Å². The Morgan fingerprint density at radius 1 is 1.20 bits per heavy atom. The van der Waals surface area contributed by atoms with Crippen LogP contribution in [0.5, 0.6) is 5.75 Å².